The van der Waals surface area contributed by atoms with Crippen molar-refractivity contribution in [2.45, 2.75) is 57.6 Å². The summed E-state index contributed by atoms with van der Waals surface area (Å²) in [5, 5.41) is 0. The first-order valence-electron chi connectivity index (χ1n) is 8.47. The molecule has 1 aliphatic carbocycles. The van der Waals surface area contributed by atoms with Crippen LogP contribution in [0.3, 0.4) is 0 Å². The van der Waals surface area contributed by atoms with Crippen molar-refractivity contribution in [3.05, 3.63) is 35.4 Å². The number of nitrogens with one attached hydrogen (secondary N) is 1. The Morgan fingerprint density at radius 1 is 1.33 bits per heavy atom. The van der Waals surface area contributed by atoms with Crippen molar-refractivity contribution in [3.8, 4) is 0 Å². The molecule has 0 aromatic heterocycles. The minimum Gasteiger partial charge on any atom is -0.373 e. The first-order chi connectivity index (χ1) is 10.3. The van der Waals surface area contributed by atoms with Gasteiger partial charge in [-0.2, -0.15) is 0 Å². The first-order valence-corrected chi connectivity index (χ1v) is 8.47. The Morgan fingerprint density at radius 2 is 2.19 bits per heavy atom. The summed E-state index contributed by atoms with van der Waals surface area (Å²) in [6, 6.07) is 9.07. The molecule has 0 bridgehead atoms. The molecule has 1 saturated carbocycles. The Morgan fingerprint density at radius 3 is 2.95 bits per heavy atom. The molecule has 0 radical (unpaired) electrons. The normalized spacial score (nSPS) is 30.1. The van der Waals surface area contributed by atoms with Crippen LogP contribution < -0.4 is 11.3 Å². The van der Waals surface area contributed by atoms with E-state index < -0.39 is 0 Å². The molecule has 1 aromatic carbocycles. The van der Waals surface area contributed by atoms with Crippen LogP contribution in [-0.2, 0) is 11.2 Å². The quantitative estimate of drug-likeness (QED) is 0.645. The monoisotopic (exact) mass is 288 g/mol. The van der Waals surface area contributed by atoms with E-state index >= 15 is 0 Å². The number of hydrazine groups is 1. The molecule has 21 heavy (non-hydrogen) atoms. The van der Waals surface area contributed by atoms with Gasteiger partial charge in [0.15, 0.2) is 0 Å². The van der Waals surface area contributed by atoms with Crippen LogP contribution in [0.25, 0.3) is 0 Å². The Kier molecular flexibility index (Phi) is 4.94. The summed E-state index contributed by atoms with van der Waals surface area (Å²) in [7, 11) is 0. The van der Waals surface area contributed by atoms with E-state index in [1.54, 1.807) is 0 Å². The van der Waals surface area contributed by atoms with Crippen molar-refractivity contribution in [3.63, 3.8) is 0 Å². The average molecular weight is 288 g/mol. The Balaban J connectivity index is 1.68. The van der Waals surface area contributed by atoms with E-state index in [2.05, 4.69) is 36.6 Å². The maximum Gasteiger partial charge on any atom is 0.0843 e. The fourth-order valence-corrected chi connectivity index (χ4v) is 4.15. The number of hydrogen-bond acceptors (Lipinski definition) is 3. The molecular weight excluding hydrogens is 260 g/mol. The van der Waals surface area contributed by atoms with E-state index in [-0.39, 0.29) is 6.10 Å². The number of fused-ring (bicyclic) bond motifs is 1. The third-order valence-corrected chi connectivity index (χ3v) is 5.50. The van der Waals surface area contributed by atoms with E-state index in [0.29, 0.717) is 12.0 Å². The lowest BCUT2D eigenvalue weighted by Gasteiger charge is -2.31. The predicted molar refractivity (Wildman–Crippen MR) is 85.7 cm³/mol. The number of benzene rings is 1. The van der Waals surface area contributed by atoms with Gasteiger partial charge in [-0.1, -0.05) is 44.0 Å². The van der Waals surface area contributed by atoms with E-state index in [1.807, 2.05) is 0 Å². The smallest absolute Gasteiger partial charge is 0.0843 e. The van der Waals surface area contributed by atoms with E-state index in [1.165, 1.54) is 36.8 Å². The van der Waals surface area contributed by atoms with Crippen molar-refractivity contribution in [1.29, 1.82) is 0 Å². The second-order valence-electron chi connectivity index (χ2n) is 6.66. The molecule has 3 rings (SSSR count). The summed E-state index contributed by atoms with van der Waals surface area (Å²) >= 11 is 0. The van der Waals surface area contributed by atoms with Crippen molar-refractivity contribution >= 4 is 0 Å². The maximum absolute atomic E-state index is 6.05. The SMILES string of the molecule is CCC1CCC(C(CC2OCCc3ccccc32)NN)C1. The largest absolute Gasteiger partial charge is 0.373 e. The minimum atomic E-state index is 0.205. The van der Waals surface area contributed by atoms with Gasteiger partial charge in [0.1, 0.15) is 0 Å². The molecule has 1 aliphatic heterocycles. The summed E-state index contributed by atoms with van der Waals surface area (Å²) in [5.41, 5.74) is 5.90. The molecule has 0 amide bonds. The van der Waals surface area contributed by atoms with Crippen LogP contribution in [0.15, 0.2) is 24.3 Å². The van der Waals surface area contributed by atoms with E-state index in [0.717, 1.165) is 25.4 Å². The Labute approximate surface area is 128 Å². The number of hydrogen-bond donors (Lipinski definition) is 2. The molecule has 1 fully saturated rings. The lowest BCUT2D eigenvalue weighted by atomic mass is 9.87. The van der Waals surface area contributed by atoms with E-state index in [4.69, 9.17) is 10.6 Å². The van der Waals surface area contributed by atoms with Gasteiger partial charge in [0.25, 0.3) is 0 Å². The first kappa shape index (κ1) is 15.0. The fourth-order valence-electron chi connectivity index (χ4n) is 4.15. The van der Waals surface area contributed by atoms with Gasteiger partial charge in [0, 0.05) is 6.04 Å². The third-order valence-electron chi connectivity index (χ3n) is 5.50. The molecule has 2 aliphatic rings. The zero-order valence-electron chi connectivity index (χ0n) is 13.1. The maximum atomic E-state index is 6.05. The predicted octanol–water partition coefficient (Wildman–Crippen LogP) is 3.35. The lowest BCUT2D eigenvalue weighted by Crippen LogP contribution is -2.42. The lowest BCUT2D eigenvalue weighted by molar-refractivity contribution is 0.0244. The molecular formula is C18H28N2O. The zero-order chi connectivity index (χ0) is 14.7. The summed E-state index contributed by atoms with van der Waals surface area (Å²) in [6.45, 7) is 3.14. The highest BCUT2D eigenvalue weighted by Crippen LogP contribution is 2.38. The molecule has 3 nitrogen and oxygen atoms in total. The van der Waals surface area contributed by atoms with Crippen LogP contribution in [-0.4, -0.2) is 12.6 Å². The highest BCUT2D eigenvalue weighted by atomic mass is 16.5. The van der Waals surface area contributed by atoms with Crippen molar-refractivity contribution < 1.29 is 4.74 Å². The van der Waals surface area contributed by atoms with Crippen LogP contribution >= 0.6 is 0 Å². The van der Waals surface area contributed by atoms with Gasteiger partial charge in [0.2, 0.25) is 0 Å². The fraction of sp³-hybridized carbons (Fsp3) is 0.667. The van der Waals surface area contributed by atoms with Crippen LogP contribution in [0.5, 0.6) is 0 Å². The van der Waals surface area contributed by atoms with Gasteiger partial charge in [0.05, 0.1) is 12.7 Å². The van der Waals surface area contributed by atoms with Gasteiger partial charge in [-0.15, -0.1) is 0 Å². The molecule has 1 aromatic rings. The van der Waals surface area contributed by atoms with Gasteiger partial charge in [-0.25, -0.2) is 0 Å². The molecule has 4 atom stereocenters. The summed E-state index contributed by atoms with van der Waals surface area (Å²) in [5.74, 6) is 7.47. The summed E-state index contributed by atoms with van der Waals surface area (Å²) in [4.78, 5) is 0. The molecule has 0 spiro atoms. The number of nitrogens with two attached hydrogens (primary N) is 1. The minimum absolute atomic E-state index is 0.205. The zero-order valence-corrected chi connectivity index (χ0v) is 13.1. The molecule has 0 saturated heterocycles. The second kappa shape index (κ2) is 6.91. The summed E-state index contributed by atoms with van der Waals surface area (Å²) in [6.07, 6.45) is 7.53. The topological polar surface area (TPSA) is 47.3 Å². The van der Waals surface area contributed by atoms with Gasteiger partial charge >= 0.3 is 0 Å². The van der Waals surface area contributed by atoms with Gasteiger partial charge < -0.3 is 4.74 Å². The van der Waals surface area contributed by atoms with Crippen molar-refractivity contribution in [2.75, 3.05) is 6.61 Å². The molecule has 1 heterocycles. The Hall–Kier alpha value is -0.900. The average Bonchev–Trinajstić information content (AvgIpc) is 3.01. The van der Waals surface area contributed by atoms with Crippen LogP contribution in [0, 0.1) is 11.8 Å². The molecule has 3 N–H and O–H groups in total. The standard InChI is InChI=1S/C18H28N2O/c1-2-13-7-8-15(11-13)17(20-19)12-18-16-6-4-3-5-14(16)9-10-21-18/h3-6,13,15,17-18,20H,2,7-12,19H2,1H3. The summed E-state index contributed by atoms with van der Waals surface area (Å²) < 4.78 is 6.05. The second-order valence-corrected chi connectivity index (χ2v) is 6.66. The molecule has 3 heteroatoms. The van der Waals surface area contributed by atoms with Crippen LogP contribution in [0.4, 0.5) is 0 Å². The van der Waals surface area contributed by atoms with Gasteiger partial charge in [-0.3, -0.25) is 11.3 Å². The molecule has 4 unspecified atom stereocenters. The van der Waals surface area contributed by atoms with E-state index in [9.17, 15) is 0 Å². The highest BCUT2D eigenvalue weighted by molar-refractivity contribution is 5.31. The third kappa shape index (κ3) is 3.31. The van der Waals surface area contributed by atoms with Crippen molar-refractivity contribution in [2.24, 2.45) is 17.7 Å². The Bertz CT molecular complexity index is 462. The number of rotatable bonds is 5. The van der Waals surface area contributed by atoms with Gasteiger partial charge in [-0.05, 0) is 48.6 Å². The van der Waals surface area contributed by atoms with Crippen LogP contribution in [0.1, 0.15) is 56.3 Å². The molecule has 116 valence electrons. The van der Waals surface area contributed by atoms with Crippen molar-refractivity contribution in [1.82, 2.24) is 5.43 Å². The highest BCUT2D eigenvalue weighted by Gasteiger charge is 2.32. The van der Waals surface area contributed by atoms with Crippen LogP contribution in [0.2, 0.25) is 0 Å². The number of ether oxygens (including phenoxy) is 1.